The summed E-state index contributed by atoms with van der Waals surface area (Å²) in [6.07, 6.45) is 3.67. The molecule has 0 amide bonds. The van der Waals surface area contributed by atoms with Gasteiger partial charge in [-0.1, -0.05) is 6.07 Å². The van der Waals surface area contributed by atoms with Crippen molar-refractivity contribution in [2.75, 3.05) is 0 Å². The monoisotopic (exact) mass is 272 g/mol. The maximum absolute atomic E-state index is 13.1. The van der Waals surface area contributed by atoms with Crippen LogP contribution >= 0.6 is 0 Å². The Kier molecular flexibility index (Phi) is 4.49. The molecule has 0 aliphatic rings. The van der Waals surface area contributed by atoms with Crippen LogP contribution in [0.15, 0.2) is 36.7 Å². The van der Waals surface area contributed by atoms with Gasteiger partial charge >= 0.3 is 0 Å². The molecule has 1 heterocycles. The van der Waals surface area contributed by atoms with E-state index in [-0.39, 0.29) is 17.9 Å². The normalized spacial score (nSPS) is 13.7. The first-order valence-corrected chi connectivity index (χ1v) is 6.53. The summed E-state index contributed by atoms with van der Waals surface area (Å²) in [5.41, 5.74) is 1.17. The topological polar surface area (TPSA) is 53.6 Å². The molecule has 2 unspecified atom stereocenters. The second kappa shape index (κ2) is 6.31. The van der Waals surface area contributed by atoms with Gasteiger partial charge in [-0.05, 0) is 37.6 Å². The Hall–Kier alpha value is -2.19. The first-order valence-electron chi connectivity index (χ1n) is 6.53. The van der Waals surface area contributed by atoms with Crippen LogP contribution in [0.1, 0.15) is 31.0 Å². The quantitative estimate of drug-likeness (QED) is 0.910. The average molecular weight is 272 g/mol. The van der Waals surface area contributed by atoms with Crippen LogP contribution in [0, 0.1) is 17.1 Å². The number of nitrogens with one attached hydrogen (secondary N) is 1. The van der Waals surface area contributed by atoms with Crippen molar-refractivity contribution < 1.29 is 4.39 Å². The summed E-state index contributed by atoms with van der Waals surface area (Å²) in [5, 5.41) is 16.6. The second-order valence-corrected chi connectivity index (χ2v) is 4.81. The van der Waals surface area contributed by atoms with Gasteiger partial charge in [0.05, 0.1) is 17.7 Å². The number of hydrogen-bond donors (Lipinski definition) is 1. The number of benzene rings is 1. The summed E-state index contributed by atoms with van der Waals surface area (Å²) in [6, 6.07) is 8.55. The lowest BCUT2D eigenvalue weighted by Gasteiger charge is -2.22. The standard InChI is InChI=1S/C15H17FN4/c1-11(12(2)20-7-3-6-19-20)18-10-13-4-5-15(16)8-14(13)9-17/h3-8,11-12,18H,10H2,1-2H3. The predicted octanol–water partition coefficient (Wildman–Crippen LogP) is 2.63. The molecule has 1 aromatic heterocycles. The van der Waals surface area contributed by atoms with Crippen LogP contribution < -0.4 is 5.32 Å². The summed E-state index contributed by atoms with van der Waals surface area (Å²) in [5.74, 6) is -0.386. The summed E-state index contributed by atoms with van der Waals surface area (Å²) >= 11 is 0. The van der Waals surface area contributed by atoms with E-state index < -0.39 is 0 Å². The molecule has 2 atom stereocenters. The molecular weight excluding hydrogens is 255 g/mol. The third-order valence-corrected chi connectivity index (χ3v) is 3.47. The lowest BCUT2D eigenvalue weighted by Crippen LogP contribution is -2.33. The van der Waals surface area contributed by atoms with Gasteiger partial charge in [0.2, 0.25) is 0 Å². The van der Waals surface area contributed by atoms with Gasteiger partial charge in [-0.3, -0.25) is 4.68 Å². The van der Waals surface area contributed by atoms with Gasteiger partial charge in [-0.2, -0.15) is 10.4 Å². The molecule has 0 bridgehead atoms. The first-order chi connectivity index (χ1) is 9.61. The van der Waals surface area contributed by atoms with Crippen LogP contribution in [0.3, 0.4) is 0 Å². The van der Waals surface area contributed by atoms with E-state index in [1.807, 2.05) is 23.0 Å². The predicted molar refractivity (Wildman–Crippen MR) is 74.4 cm³/mol. The fourth-order valence-electron chi connectivity index (χ4n) is 2.00. The minimum atomic E-state index is -0.386. The SMILES string of the molecule is CC(NCc1ccc(F)cc1C#N)C(C)n1cccn1. The zero-order valence-corrected chi connectivity index (χ0v) is 11.5. The highest BCUT2D eigenvalue weighted by atomic mass is 19.1. The summed E-state index contributed by atoms with van der Waals surface area (Å²) < 4.78 is 14.9. The molecule has 0 saturated carbocycles. The molecule has 20 heavy (non-hydrogen) atoms. The van der Waals surface area contributed by atoms with Gasteiger partial charge in [0.15, 0.2) is 0 Å². The molecule has 0 aliphatic heterocycles. The molecule has 104 valence electrons. The smallest absolute Gasteiger partial charge is 0.124 e. The van der Waals surface area contributed by atoms with Crippen LogP contribution in [-0.2, 0) is 6.54 Å². The highest BCUT2D eigenvalue weighted by Gasteiger charge is 2.14. The number of hydrogen-bond acceptors (Lipinski definition) is 3. The van der Waals surface area contributed by atoms with E-state index in [9.17, 15) is 4.39 Å². The molecule has 5 heteroatoms. The highest BCUT2D eigenvalue weighted by Crippen LogP contribution is 2.13. The molecule has 0 spiro atoms. The van der Waals surface area contributed by atoms with Crippen molar-refractivity contribution in [3.05, 3.63) is 53.6 Å². The van der Waals surface area contributed by atoms with Crippen LogP contribution in [0.2, 0.25) is 0 Å². The maximum atomic E-state index is 13.1. The van der Waals surface area contributed by atoms with E-state index in [1.165, 1.54) is 12.1 Å². The number of aromatic nitrogens is 2. The van der Waals surface area contributed by atoms with Crippen LogP contribution in [0.5, 0.6) is 0 Å². The minimum absolute atomic E-state index is 0.173. The highest BCUT2D eigenvalue weighted by molar-refractivity contribution is 5.37. The molecule has 2 aromatic rings. The van der Waals surface area contributed by atoms with Gasteiger partial charge in [0.1, 0.15) is 5.82 Å². The molecular formula is C15H17FN4. The minimum Gasteiger partial charge on any atom is -0.308 e. The van der Waals surface area contributed by atoms with Gasteiger partial charge < -0.3 is 5.32 Å². The summed E-state index contributed by atoms with van der Waals surface area (Å²) in [7, 11) is 0. The van der Waals surface area contributed by atoms with Crippen molar-refractivity contribution in [1.29, 1.82) is 5.26 Å². The first kappa shape index (κ1) is 14.2. The van der Waals surface area contributed by atoms with Crippen molar-refractivity contribution in [2.45, 2.75) is 32.5 Å². The van der Waals surface area contributed by atoms with Gasteiger partial charge in [-0.15, -0.1) is 0 Å². The molecule has 0 fully saturated rings. The van der Waals surface area contributed by atoms with E-state index in [0.29, 0.717) is 12.1 Å². The van der Waals surface area contributed by atoms with E-state index >= 15 is 0 Å². The van der Waals surface area contributed by atoms with Gasteiger partial charge in [-0.25, -0.2) is 4.39 Å². The van der Waals surface area contributed by atoms with Crippen molar-refractivity contribution in [2.24, 2.45) is 0 Å². The Labute approximate surface area is 117 Å². The van der Waals surface area contributed by atoms with E-state index in [1.54, 1.807) is 12.3 Å². The third kappa shape index (κ3) is 3.22. The van der Waals surface area contributed by atoms with Crippen molar-refractivity contribution in [3.63, 3.8) is 0 Å². The molecule has 2 rings (SSSR count). The molecule has 0 aliphatic carbocycles. The number of rotatable bonds is 5. The van der Waals surface area contributed by atoms with E-state index in [4.69, 9.17) is 5.26 Å². The summed E-state index contributed by atoms with van der Waals surface area (Å²) in [6.45, 7) is 4.65. The zero-order chi connectivity index (χ0) is 14.5. The zero-order valence-electron chi connectivity index (χ0n) is 11.5. The second-order valence-electron chi connectivity index (χ2n) is 4.81. The number of nitriles is 1. The van der Waals surface area contributed by atoms with E-state index in [2.05, 4.69) is 24.3 Å². The Balaban J connectivity index is 2.00. The largest absolute Gasteiger partial charge is 0.308 e. The van der Waals surface area contributed by atoms with Crippen molar-refractivity contribution in [3.8, 4) is 6.07 Å². The van der Waals surface area contributed by atoms with Gasteiger partial charge in [0, 0.05) is 25.0 Å². The van der Waals surface area contributed by atoms with Crippen LogP contribution in [-0.4, -0.2) is 15.8 Å². The lowest BCUT2D eigenvalue weighted by atomic mass is 10.1. The molecule has 0 saturated heterocycles. The van der Waals surface area contributed by atoms with Gasteiger partial charge in [0.25, 0.3) is 0 Å². The molecule has 0 radical (unpaired) electrons. The Bertz CT molecular complexity index is 601. The Morgan fingerprint density at radius 2 is 2.25 bits per heavy atom. The fraction of sp³-hybridized carbons (Fsp3) is 0.333. The molecule has 4 nitrogen and oxygen atoms in total. The molecule has 1 aromatic carbocycles. The average Bonchev–Trinajstić information content (AvgIpc) is 2.98. The maximum Gasteiger partial charge on any atom is 0.124 e. The van der Waals surface area contributed by atoms with Crippen molar-refractivity contribution in [1.82, 2.24) is 15.1 Å². The summed E-state index contributed by atoms with van der Waals surface area (Å²) in [4.78, 5) is 0. The van der Waals surface area contributed by atoms with Crippen LogP contribution in [0.25, 0.3) is 0 Å². The van der Waals surface area contributed by atoms with E-state index in [0.717, 1.165) is 5.56 Å². The Morgan fingerprint density at radius 1 is 1.45 bits per heavy atom. The number of halogens is 1. The number of nitrogens with zero attached hydrogens (tertiary/aromatic N) is 3. The third-order valence-electron chi connectivity index (χ3n) is 3.47. The fourth-order valence-corrected chi connectivity index (χ4v) is 2.00. The molecule has 1 N–H and O–H groups in total. The lowest BCUT2D eigenvalue weighted by molar-refractivity contribution is 0.365. The van der Waals surface area contributed by atoms with Crippen LogP contribution in [0.4, 0.5) is 4.39 Å². The van der Waals surface area contributed by atoms with Crippen molar-refractivity contribution >= 4 is 0 Å². The Morgan fingerprint density at radius 3 is 2.90 bits per heavy atom.